The molecule has 0 fully saturated rings. The molecule has 42 heavy (non-hydrogen) atoms. The van der Waals surface area contributed by atoms with E-state index in [2.05, 4.69) is 48.8 Å². The summed E-state index contributed by atoms with van der Waals surface area (Å²) in [4.78, 5) is 24.0. The minimum Gasteiger partial charge on any atom is -0.354 e. The highest BCUT2D eigenvalue weighted by molar-refractivity contribution is 5.77. The van der Waals surface area contributed by atoms with Crippen molar-refractivity contribution in [3.63, 3.8) is 0 Å². The van der Waals surface area contributed by atoms with Crippen molar-refractivity contribution in [1.29, 1.82) is 0 Å². The summed E-state index contributed by atoms with van der Waals surface area (Å²) in [6.07, 6.45) is 43.6. The topological polar surface area (TPSA) is 58.2 Å². The molecule has 0 saturated carbocycles. The summed E-state index contributed by atoms with van der Waals surface area (Å²) in [5.41, 5.74) is 0. The lowest BCUT2D eigenvalue weighted by Crippen LogP contribution is -2.34. The van der Waals surface area contributed by atoms with Gasteiger partial charge in [-0.1, -0.05) is 141 Å². The molecule has 2 N–H and O–H groups in total. The van der Waals surface area contributed by atoms with Crippen molar-refractivity contribution in [3.8, 4) is 0 Å². The highest BCUT2D eigenvalue weighted by Crippen LogP contribution is 2.11. The van der Waals surface area contributed by atoms with E-state index in [1.165, 1.54) is 141 Å². The number of amides is 2. The molecular formula is C38H72N2O2. The van der Waals surface area contributed by atoms with Crippen LogP contribution in [0, 0.1) is 0 Å². The van der Waals surface area contributed by atoms with Gasteiger partial charge in [-0.05, 0) is 64.2 Å². The molecule has 4 heteroatoms. The van der Waals surface area contributed by atoms with Crippen LogP contribution >= 0.6 is 0 Å². The molecule has 0 aliphatic rings. The first-order valence-corrected chi connectivity index (χ1v) is 18.5. The zero-order valence-electron chi connectivity index (χ0n) is 28.3. The van der Waals surface area contributed by atoms with Crippen LogP contribution in [0.5, 0.6) is 0 Å². The molecule has 0 aliphatic heterocycles. The van der Waals surface area contributed by atoms with Crippen molar-refractivity contribution < 1.29 is 9.59 Å². The third kappa shape index (κ3) is 34.6. The van der Waals surface area contributed by atoms with E-state index < -0.39 is 0 Å². The molecule has 0 radical (unpaired) electrons. The molecule has 0 aromatic rings. The van der Waals surface area contributed by atoms with Crippen molar-refractivity contribution in [2.45, 2.75) is 194 Å². The fourth-order valence-electron chi connectivity index (χ4n) is 5.29. The lowest BCUT2D eigenvalue weighted by Gasteiger charge is -2.07. The molecule has 2 amide bonds. The fraction of sp³-hybridized carbons (Fsp3) is 0.842. The maximum absolute atomic E-state index is 12.0. The van der Waals surface area contributed by atoms with Gasteiger partial charge in [-0.25, -0.2) is 0 Å². The Hall–Kier alpha value is -1.58. The lowest BCUT2D eigenvalue weighted by molar-refractivity contribution is -0.123. The van der Waals surface area contributed by atoms with Gasteiger partial charge in [0.15, 0.2) is 0 Å². The maximum Gasteiger partial charge on any atom is 0.220 e. The van der Waals surface area contributed by atoms with Crippen molar-refractivity contribution in [2.24, 2.45) is 0 Å². The zero-order chi connectivity index (χ0) is 30.6. The minimum atomic E-state index is 0.107. The van der Waals surface area contributed by atoms with E-state index in [0.29, 0.717) is 25.9 Å². The van der Waals surface area contributed by atoms with Crippen molar-refractivity contribution in [1.82, 2.24) is 10.6 Å². The molecule has 0 heterocycles. The van der Waals surface area contributed by atoms with E-state index in [1.807, 2.05) is 0 Å². The summed E-state index contributed by atoms with van der Waals surface area (Å²) in [6, 6.07) is 0. The van der Waals surface area contributed by atoms with Gasteiger partial charge in [-0.2, -0.15) is 0 Å². The minimum absolute atomic E-state index is 0.107. The number of carbonyl (C=O) groups excluding carboxylic acids is 2. The Morgan fingerprint density at radius 1 is 0.381 bits per heavy atom. The van der Waals surface area contributed by atoms with E-state index in [1.54, 1.807) is 0 Å². The summed E-state index contributed by atoms with van der Waals surface area (Å²) in [7, 11) is 0. The summed E-state index contributed by atoms with van der Waals surface area (Å²) in [5.74, 6) is 0.217. The summed E-state index contributed by atoms with van der Waals surface area (Å²) in [6.45, 7) is 5.60. The monoisotopic (exact) mass is 589 g/mol. The van der Waals surface area contributed by atoms with Crippen molar-refractivity contribution in [2.75, 3.05) is 13.1 Å². The smallest absolute Gasteiger partial charge is 0.220 e. The van der Waals surface area contributed by atoms with Crippen LogP contribution in [0.4, 0.5) is 0 Å². The molecule has 0 unspecified atom stereocenters. The largest absolute Gasteiger partial charge is 0.354 e. The van der Waals surface area contributed by atoms with Gasteiger partial charge >= 0.3 is 0 Å². The summed E-state index contributed by atoms with van der Waals surface area (Å²) < 4.78 is 0. The second-order valence-electron chi connectivity index (χ2n) is 12.4. The number of rotatable bonds is 33. The lowest BCUT2D eigenvalue weighted by atomic mass is 10.1. The molecule has 0 saturated heterocycles. The van der Waals surface area contributed by atoms with Gasteiger partial charge in [0.05, 0.1) is 0 Å². The Kier molecular flexibility index (Phi) is 34.3. The SMILES string of the molecule is CCCCCCCC/C=C/CCCCCCCC(=O)NCCNC(=O)CCCCCC/C=C/CCCCCCCCC. The Bertz CT molecular complexity index is 629. The highest BCUT2D eigenvalue weighted by atomic mass is 16.2. The Labute approximate surface area is 262 Å². The summed E-state index contributed by atoms with van der Waals surface area (Å²) >= 11 is 0. The van der Waals surface area contributed by atoms with Crippen molar-refractivity contribution >= 4 is 11.8 Å². The van der Waals surface area contributed by atoms with Crippen molar-refractivity contribution in [3.05, 3.63) is 24.3 Å². The standard InChI is InChI=1S/C38H72N2O2/c1-3-5-7-9-11-13-15-17-19-21-23-25-27-29-31-33-37(41)39-35-36-40-38(42)34-32-30-28-26-24-22-20-18-16-14-12-10-8-6-4-2/h17,19-20,22H,3-16,18,21,23-36H2,1-2H3,(H,39,41)(H,40,42)/b19-17+,22-20+. The first kappa shape index (κ1) is 40.4. The number of hydrogen-bond donors (Lipinski definition) is 2. The average molecular weight is 589 g/mol. The van der Waals surface area contributed by atoms with Gasteiger partial charge in [0.1, 0.15) is 0 Å². The van der Waals surface area contributed by atoms with Crippen LogP contribution in [0.15, 0.2) is 24.3 Å². The molecule has 4 nitrogen and oxygen atoms in total. The van der Waals surface area contributed by atoms with Gasteiger partial charge in [0, 0.05) is 25.9 Å². The molecule has 0 aliphatic carbocycles. The molecule has 246 valence electrons. The van der Waals surface area contributed by atoms with Crippen LogP contribution in [0.3, 0.4) is 0 Å². The van der Waals surface area contributed by atoms with E-state index in [4.69, 9.17) is 0 Å². The predicted octanol–water partition coefficient (Wildman–Crippen LogP) is 11.3. The van der Waals surface area contributed by atoms with Crippen LogP contribution in [-0.2, 0) is 9.59 Å². The van der Waals surface area contributed by atoms with Crippen LogP contribution in [-0.4, -0.2) is 24.9 Å². The quantitative estimate of drug-likeness (QED) is 0.0591. The number of carbonyl (C=O) groups is 2. The Morgan fingerprint density at radius 3 is 0.952 bits per heavy atom. The predicted molar refractivity (Wildman–Crippen MR) is 185 cm³/mol. The van der Waals surface area contributed by atoms with Crippen LogP contribution in [0.25, 0.3) is 0 Å². The van der Waals surface area contributed by atoms with Gasteiger partial charge in [0.25, 0.3) is 0 Å². The molecular weight excluding hydrogens is 516 g/mol. The maximum atomic E-state index is 12.0. The van der Waals surface area contributed by atoms with E-state index in [9.17, 15) is 9.59 Å². The third-order valence-electron chi connectivity index (χ3n) is 8.10. The first-order chi connectivity index (χ1) is 20.7. The van der Waals surface area contributed by atoms with Crippen LogP contribution in [0.2, 0.25) is 0 Å². The van der Waals surface area contributed by atoms with E-state index in [-0.39, 0.29) is 11.8 Å². The van der Waals surface area contributed by atoms with E-state index >= 15 is 0 Å². The van der Waals surface area contributed by atoms with E-state index in [0.717, 1.165) is 25.7 Å². The van der Waals surface area contributed by atoms with Gasteiger partial charge in [0.2, 0.25) is 11.8 Å². The number of unbranched alkanes of at least 4 members (excludes halogenated alkanes) is 22. The van der Waals surface area contributed by atoms with Gasteiger partial charge < -0.3 is 10.6 Å². The Balaban J connectivity index is 3.34. The normalized spacial score (nSPS) is 11.6. The first-order valence-electron chi connectivity index (χ1n) is 18.5. The molecule has 0 bridgehead atoms. The molecule has 0 aromatic carbocycles. The Morgan fingerprint density at radius 2 is 0.643 bits per heavy atom. The number of hydrogen-bond acceptors (Lipinski definition) is 2. The highest BCUT2D eigenvalue weighted by Gasteiger charge is 2.03. The molecule has 0 spiro atoms. The van der Waals surface area contributed by atoms with Gasteiger partial charge in [-0.3, -0.25) is 9.59 Å². The number of nitrogens with one attached hydrogen (secondary N) is 2. The summed E-state index contributed by atoms with van der Waals surface area (Å²) in [5, 5.41) is 5.88. The average Bonchev–Trinajstić information content (AvgIpc) is 2.99. The second kappa shape index (κ2) is 35.6. The second-order valence-corrected chi connectivity index (χ2v) is 12.4. The zero-order valence-corrected chi connectivity index (χ0v) is 28.3. The molecule has 0 aromatic heterocycles. The fourth-order valence-corrected chi connectivity index (χ4v) is 5.29. The molecule has 0 atom stereocenters. The van der Waals surface area contributed by atoms with Crippen LogP contribution < -0.4 is 10.6 Å². The third-order valence-corrected chi connectivity index (χ3v) is 8.10. The molecule has 0 rings (SSSR count). The van der Waals surface area contributed by atoms with Crippen LogP contribution in [0.1, 0.15) is 194 Å². The van der Waals surface area contributed by atoms with Gasteiger partial charge in [-0.15, -0.1) is 0 Å². The number of allylic oxidation sites excluding steroid dienone is 4.